The summed E-state index contributed by atoms with van der Waals surface area (Å²) in [5.41, 5.74) is 9.63. The highest BCUT2D eigenvalue weighted by atomic mass is 32.1. The number of rotatable bonds is 30. The summed E-state index contributed by atoms with van der Waals surface area (Å²) in [5.74, 6) is 3.60. The van der Waals surface area contributed by atoms with Crippen LogP contribution in [0.2, 0.25) is 0 Å². The molecule has 4 fully saturated rings. The lowest BCUT2D eigenvalue weighted by atomic mass is 9.87. The van der Waals surface area contributed by atoms with Gasteiger partial charge in [-0.3, -0.25) is 24.3 Å². The smallest absolute Gasteiger partial charge is 0.297 e. The van der Waals surface area contributed by atoms with Gasteiger partial charge in [0.05, 0.1) is 12.4 Å². The van der Waals surface area contributed by atoms with E-state index < -0.39 is 0 Å². The van der Waals surface area contributed by atoms with Gasteiger partial charge >= 0.3 is 0 Å². The van der Waals surface area contributed by atoms with Crippen molar-refractivity contribution in [2.75, 3.05) is 144 Å². The number of fused-ring (bicyclic) bond motifs is 4. The molecule has 4 aliphatic rings. The number of hydrogen-bond acceptors (Lipinski definition) is 21. The summed E-state index contributed by atoms with van der Waals surface area (Å²) >= 11 is 1.44. The first-order chi connectivity index (χ1) is 56.3. The van der Waals surface area contributed by atoms with Crippen LogP contribution in [0.25, 0.3) is 43.6 Å². The van der Waals surface area contributed by atoms with Gasteiger partial charge in [-0.1, -0.05) is 146 Å². The summed E-state index contributed by atoms with van der Waals surface area (Å²) in [4.78, 5) is 96.0. The Balaban J connectivity index is 0.000000135. The molecule has 0 radical (unpaired) electrons. The van der Waals surface area contributed by atoms with Gasteiger partial charge in [0.1, 0.15) is 0 Å². The number of oxazole rings is 2. The number of likely N-dealkylation sites (N-methyl/N-ethyl adjacent to an activating group) is 4. The predicted octanol–water partition coefficient (Wildman–Crippen LogP) is 15.4. The van der Waals surface area contributed by atoms with Crippen molar-refractivity contribution < 1.29 is 28.0 Å². The zero-order valence-corrected chi connectivity index (χ0v) is 70.4. The fourth-order valence-corrected chi connectivity index (χ4v) is 17.2. The van der Waals surface area contributed by atoms with Crippen molar-refractivity contribution in [2.24, 2.45) is 29.6 Å². The number of aromatic nitrogens is 11. The molecule has 116 heavy (non-hydrogen) atoms. The van der Waals surface area contributed by atoms with Crippen LogP contribution in [0.15, 0.2) is 143 Å². The fraction of sp³-hybridized carbons (Fsp3) is 0.489. The molecule has 25 nitrogen and oxygen atoms in total. The van der Waals surface area contributed by atoms with E-state index in [1.807, 2.05) is 48.8 Å². The van der Waals surface area contributed by atoms with E-state index in [-0.39, 0.29) is 46.8 Å². The van der Waals surface area contributed by atoms with Gasteiger partial charge in [0.2, 0.25) is 11.1 Å². The first kappa shape index (κ1) is 83.8. The van der Waals surface area contributed by atoms with Gasteiger partial charge in [-0.05, 0) is 142 Å². The van der Waals surface area contributed by atoms with Crippen molar-refractivity contribution in [3.63, 3.8) is 0 Å². The number of piperazine rings is 4. The van der Waals surface area contributed by atoms with E-state index in [9.17, 15) is 19.2 Å². The molecular formula is C90H119N19O6S. The number of para-hydroxylation sites is 4. The molecule has 0 aliphatic carbocycles. The number of Topliss-reactive ketones (excluding diaryl/α,β-unsaturated/α-hetero) is 4. The average molecular weight is 1600 g/mol. The van der Waals surface area contributed by atoms with E-state index in [1.54, 1.807) is 12.4 Å². The molecule has 26 heteroatoms. The molecule has 5 unspecified atom stereocenters. The van der Waals surface area contributed by atoms with E-state index in [0.717, 1.165) is 184 Å². The summed E-state index contributed by atoms with van der Waals surface area (Å²) in [6.45, 7) is 37.1. The van der Waals surface area contributed by atoms with Crippen LogP contribution in [0.5, 0.6) is 0 Å². The average Bonchev–Trinajstić information content (AvgIpc) is 1.70. The highest BCUT2D eigenvalue weighted by Crippen LogP contribution is 2.32. The summed E-state index contributed by atoms with van der Waals surface area (Å²) in [6, 6.07) is 34.8. The zero-order valence-electron chi connectivity index (χ0n) is 69.6. The molecule has 0 amide bonds. The quantitative estimate of drug-likeness (QED) is 0.0262. The molecule has 5 N–H and O–H groups in total. The number of ketones is 4. The van der Waals surface area contributed by atoms with Crippen LogP contribution in [0.3, 0.4) is 0 Å². The molecule has 0 bridgehead atoms. The molecule has 4 saturated heterocycles. The second-order valence-corrected chi connectivity index (χ2v) is 33.8. The number of nitrogens with zero attached hydrogens (tertiary/aromatic N) is 14. The van der Waals surface area contributed by atoms with Gasteiger partial charge in [-0.25, -0.2) is 9.97 Å². The Morgan fingerprint density at radius 1 is 0.466 bits per heavy atom. The van der Waals surface area contributed by atoms with Gasteiger partial charge in [-0.15, -0.1) is 15.3 Å². The second-order valence-electron chi connectivity index (χ2n) is 32.8. The molecular weight excluding hydrogens is 1480 g/mol. The van der Waals surface area contributed by atoms with Crippen LogP contribution >= 0.6 is 11.3 Å². The second kappa shape index (κ2) is 40.2. The molecule has 0 spiro atoms. The third-order valence-corrected chi connectivity index (χ3v) is 24.6. The molecule has 5 atom stereocenters. The van der Waals surface area contributed by atoms with Crippen molar-refractivity contribution >= 4 is 101 Å². The van der Waals surface area contributed by atoms with Crippen LogP contribution in [0, 0.1) is 29.6 Å². The normalized spacial score (nSPS) is 17.1. The Hall–Kier alpha value is -10.1. The Labute approximate surface area is 685 Å². The molecule has 0 saturated carbocycles. The lowest BCUT2D eigenvalue weighted by Crippen LogP contribution is -2.50. The van der Waals surface area contributed by atoms with Crippen molar-refractivity contribution in [2.45, 2.75) is 133 Å². The van der Waals surface area contributed by atoms with Gasteiger partial charge in [0.15, 0.2) is 45.5 Å². The third-order valence-electron chi connectivity index (χ3n) is 23.6. The fourth-order valence-electron chi connectivity index (χ4n) is 16.4. The number of hydrogen-bond donors (Lipinski definition) is 5. The van der Waals surface area contributed by atoms with Gasteiger partial charge in [0, 0.05) is 198 Å². The lowest BCUT2D eigenvalue weighted by molar-refractivity contribution is 0.0925. The molecule has 12 heterocycles. The molecule has 8 aromatic heterocycles. The first-order valence-corrected chi connectivity index (χ1v) is 43.0. The van der Waals surface area contributed by atoms with E-state index in [4.69, 9.17) is 8.83 Å². The predicted molar refractivity (Wildman–Crippen MR) is 465 cm³/mol. The van der Waals surface area contributed by atoms with Crippen LogP contribution in [0.1, 0.15) is 165 Å². The Bertz CT molecular complexity index is 4750. The standard InChI is InChI=1S/C26H36N4O2.C22H28N4O2.C21H28N6O.C21H27N5OS/c1-18(2)9-10-20(13-21-15-27-23-8-6-5-7-22(21)23)14-24(31)25-16-28-26(32-25)30-12-11-29(4)19(3)17-30;1-3-25-8-10-26(11-9-25)22-24-15-21(28-22)20(27)13-16(2)12-17-14-23-19-7-5-4-6-18(17)19;1-3-26-8-10-27(11-9-26)21-23-20(24-25-21)19(28)13-15(2)12-16-14-22-18-7-5-4-6-17(16)18;1-3-25-8-10-26(11-9-25)21-24-23-20(28-21)19(27)13-15(2)12-16-14-22-18-7-5-4-6-17(16)18/h5-8,15-16,18-20,27H,9-14,17H2,1-4H3;4-7,14-16,23H,3,8-13H2,1-2H3;4-7,14-15,22H,3,8-13H2,1-2H3,(H,23,24,25);4-7,14-15,22H,3,8-13H2,1-2H3. The van der Waals surface area contributed by atoms with Crippen molar-refractivity contribution in [3.8, 4) is 0 Å². The highest BCUT2D eigenvalue weighted by molar-refractivity contribution is 7.17. The van der Waals surface area contributed by atoms with Crippen LogP contribution in [-0.2, 0) is 25.7 Å². The molecule has 4 aliphatic heterocycles. The van der Waals surface area contributed by atoms with Gasteiger partial charge in [-0.2, -0.15) is 4.98 Å². The Morgan fingerprint density at radius 2 is 0.871 bits per heavy atom. The maximum absolute atomic E-state index is 13.1. The number of nitrogens with one attached hydrogen (secondary N) is 5. The molecule has 616 valence electrons. The summed E-state index contributed by atoms with van der Waals surface area (Å²) in [7, 11) is 2.14. The molecule has 4 aromatic carbocycles. The van der Waals surface area contributed by atoms with Crippen LogP contribution in [-0.4, -0.2) is 229 Å². The first-order valence-electron chi connectivity index (χ1n) is 42.2. The lowest BCUT2D eigenvalue weighted by Gasteiger charge is -2.36. The number of carbonyl (C=O) groups is 4. The topological polar surface area (TPSA) is 277 Å². The SMILES string of the molecule is CC(C)CCC(CC(=O)c1cnc(N2CCN(C)C(C)C2)o1)Cc1c[nH]c2ccccc12.CCN1CCN(c2n[nH]c(C(=O)CC(C)Cc3c[nH]c4ccccc34)n2)CC1.CCN1CCN(c2ncc(C(=O)CC(C)Cc3c[nH]c4ccccc34)o2)CC1.CCN1CCN(c2nnc(C(=O)CC(C)Cc3c[nH]c4ccccc34)s2)CC1. The largest absolute Gasteiger partial charge is 0.420 e. The van der Waals surface area contributed by atoms with Crippen LogP contribution < -0.4 is 19.6 Å². The number of anilines is 4. The van der Waals surface area contributed by atoms with Crippen molar-refractivity contribution in [3.05, 3.63) is 179 Å². The van der Waals surface area contributed by atoms with E-state index in [1.165, 1.54) is 55.1 Å². The highest BCUT2D eigenvalue weighted by Gasteiger charge is 2.30. The number of benzene rings is 4. The monoisotopic (exact) mass is 1590 g/mol. The maximum Gasteiger partial charge on any atom is 0.297 e. The maximum atomic E-state index is 13.1. The van der Waals surface area contributed by atoms with Crippen molar-refractivity contribution in [1.82, 2.24) is 74.9 Å². The van der Waals surface area contributed by atoms with Crippen LogP contribution in [0.4, 0.5) is 23.1 Å². The minimum Gasteiger partial charge on any atom is -0.420 e. The number of H-pyrrole nitrogens is 5. The van der Waals surface area contributed by atoms with E-state index >= 15 is 0 Å². The minimum atomic E-state index is 0.0262. The van der Waals surface area contributed by atoms with Crippen molar-refractivity contribution in [1.29, 1.82) is 0 Å². The molecule has 16 rings (SSSR count). The minimum absolute atomic E-state index is 0.0262. The summed E-state index contributed by atoms with van der Waals surface area (Å²) < 4.78 is 11.7. The van der Waals surface area contributed by atoms with E-state index in [0.29, 0.717) is 78.0 Å². The summed E-state index contributed by atoms with van der Waals surface area (Å²) in [6.07, 6.45) is 19.0. The Morgan fingerprint density at radius 3 is 1.33 bits per heavy atom. The molecule has 12 aromatic rings. The third kappa shape index (κ3) is 21.9. The zero-order chi connectivity index (χ0) is 81.2. The number of carbonyl (C=O) groups excluding carboxylic acids is 4. The van der Waals surface area contributed by atoms with Gasteiger partial charge < -0.3 is 68.0 Å². The van der Waals surface area contributed by atoms with E-state index in [2.05, 4.69) is 237 Å². The Kier molecular flexibility index (Phi) is 29.0. The van der Waals surface area contributed by atoms with Gasteiger partial charge in [0.25, 0.3) is 12.0 Å². The number of aromatic amines is 5. The summed E-state index contributed by atoms with van der Waals surface area (Å²) in [5, 5.41) is 22.0.